The molecular formula is C19H22Cl2N2OS. The Labute approximate surface area is 164 Å². The molecule has 134 valence electrons. The number of amides is 1. The average molecular weight is 397 g/mol. The van der Waals surface area contributed by atoms with Gasteiger partial charge in [0.15, 0.2) is 0 Å². The van der Waals surface area contributed by atoms with Crippen LogP contribution in [0.1, 0.15) is 23.6 Å². The molecule has 0 saturated carbocycles. The van der Waals surface area contributed by atoms with E-state index < -0.39 is 0 Å². The van der Waals surface area contributed by atoms with E-state index in [9.17, 15) is 4.79 Å². The van der Waals surface area contributed by atoms with Crippen molar-refractivity contribution in [3.8, 4) is 0 Å². The Kier molecular flexibility index (Phi) is 8.10. The molecule has 0 bridgehead atoms. The Morgan fingerprint density at radius 1 is 1.16 bits per heavy atom. The molecule has 0 spiro atoms. The number of hydrogen-bond donors (Lipinski definition) is 2. The Bertz CT molecular complexity index is 661. The highest BCUT2D eigenvalue weighted by Gasteiger charge is 2.21. The number of nitrogens with one attached hydrogen (secondary N) is 2. The molecule has 2 aromatic rings. The lowest BCUT2D eigenvalue weighted by atomic mass is 9.98. The van der Waals surface area contributed by atoms with E-state index in [0.717, 1.165) is 29.2 Å². The number of carbonyl (C=O) groups is 1. The van der Waals surface area contributed by atoms with Crippen molar-refractivity contribution in [2.45, 2.75) is 18.5 Å². The molecule has 6 heteroatoms. The van der Waals surface area contributed by atoms with Gasteiger partial charge in [0.2, 0.25) is 5.91 Å². The molecule has 0 radical (unpaired) electrons. The van der Waals surface area contributed by atoms with Crippen LogP contribution in [0, 0.1) is 0 Å². The summed E-state index contributed by atoms with van der Waals surface area (Å²) in [6.45, 7) is 0.974. The highest BCUT2D eigenvalue weighted by atomic mass is 35.5. The monoisotopic (exact) mass is 396 g/mol. The lowest BCUT2D eigenvalue weighted by molar-refractivity contribution is -0.122. The van der Waals surface area contributed by atoms with E-state index in [-0.39, 0.29) is 30.4 Å². The lowest BCUT2D eigenvalue weighted by Crippen LogP contribution is -2.42. The summed E-state index contributed by atoms with van der Waals surface area (Å²) < 4.78 is 0. The van der Waals surface area contributed by atoms with E-state index in [1.807, 2.05) is 66.4 Å². The van der Waals surface area contributed by atoms with E-state index in [2.05, 4.69) is 10.6 Å². The van der Waals surface area contributed by atoms with Gasteiger partial charge in [-0.15, -0.1) is 12.4 Å². The van der Waals surface area contributed by atoms with Gasteiger partial charge in [-0.05, 0) is 23.3 Å². The van der Waals surface area contributed by atoms with E-state index in [0.29, 0.717) is 11.4 Å². The molecule has 1 aliphatic rings. The standard InChI is InChI=1S/C19H21ClN2OS.ClH/c20-16-8-6-15(7-9-16)19(14-4-2-1-3-5-14)22-18(23)12-17-13-24-11-10-21-17;/h1-9,17,19,21H,10-13H2,(H,22,23);1H. The summed E-state index contributed by atoms with van der Waals surface area (Å²) in [5.74, 6) is 2.18. The van der Waals surface area contributed by atoms with Crippen molar-refractivity contribution in [1.29, 1.82) is 0 Å². The van der Waals surface area contributed by atoms with Gasteiger partial charge >= 0.3 is 0 Å². The van der Waals surface area contributed by atoms with Crippen LogP contribution in [0.15, 0.2) is 54.6 Å². The molecule has 25 heavy (non-hydrogen) atoms. The summed E-state index contributed by atoms with van der Waals surface area (Å²) in [7, 11) is 0. The highest BCUT2D eigenvalue weighted by molar-refractivity contribution is 7.99. The first-order chi connectivity index (χ1) is 11.7. The van der Waals surface area contributed by atoms with Gasteiger partial charge in [0.1, 0.15) is 0 Å². The Balaban J connectivity index is 0.00000225. The van der Waals surface area contributed by atoms with Gasteiger partial charge in [0.05, 0.1) is 6.04 Å². The summed E-state index contributed by atoms with van der Waals surface area (Å²) >= 11 is 7.90. The lowest BCUT2D eigenvalue weighted by Gasteiger charge is -2.25. The SMILES string of the molecule is Cl.O=C(CC1CSCCN1)NC(c1ccccc1)c1ccc(Cl)cc1. The molecule has 0 aromatic heterocycles. The fourth-order valence-corrected chi connectivity index (χ4v) is 3.93. The van der Waals surface area contributed by atoms with Gasteiger partial charge in [-0.25, -0.2) is 0 Å². The van der Waals surface area contributed by atoms with Crippen molar-refractivity contribution in [2.24, 2.45) is 0 Å². The number of hydrogen-bond acceptors (Lipinski definition) is 3. The predicted octanol–water partition coefficient (Wildman–Crippen LogP) is 4.06. The summed E-state index contributed by atoms with van der Waals surface area (Å²) in [5.41, 5.74) is 2.10. The molecule has 0 aliphatic carbocycles. The van der Waals surface area contributed by atoms with Crippen LogP contribution >= 0.6 is 35.8 Å². The van der Waals surface area contributed by atoms with E-state index >= 15 is 0 Å². The van der Waals surface area contributed by atoms with Crippen LogP contribution in [-0.2, 0) is 4.79 Å². The van der Waals surface area contributed by atoms with Crippen molar-refractivity contribution in [3.05, 3.63) is 70.7 Å². The molecule has 1 aliphatic heterocycles. The van der Waals surface area contributed by atoms with Crippen LogP contribution < -0.4 is 10.6 Å². The van der Waals surface area contributed by atoms with E-state index in [1.165, 1.54) is 0 Å². The molecule has 2 atom stereocenters. The smallest absolute Gasteiger partial charge is 0.222 e. The fraction of sp³-hybridized carbons (Fsp3) is 0.316. The Hall–Kier alpha value is -1.20. The second-order valence-electron chi connectivity index (χ2n) is 5.89. The molecule has 1 saturated heterocycles. The molecule has 1 heterocycles. The summed E-state index contributed by atoms with van der Waals surface area (Å²) in [4.78, 5) is 12.5. The third kappa shape index (κ3) is 5.93. The molecule has 1 fully saturated rings. The van der Waals surface area contributed by atoms with Gasteiger partial charge < -0.3 is 10.6 Å². The first-order valence-corrected chi connectivity index (χ1v) is 9.66. The number of thioether (sulfide) groups is 1. The number of rotatable bonds is 5. The van der Waals surface area contributed by atoms with E-state index in [1.54, 1.807) is 0 Å². The summed E-state index contributed by atoms with van der Waals surface area (Å²) in [6, 6.07) is 17.8. The first kappa shape index (κ1) is 20.1. The molecule has 2 aromatic carbocycles. The quantitative estimate of drug-likeness (QED) is 0.800. The van der Waals surface area contributed by atoms with Crippen LogP contribution in [0.4, 0.5) is 0 Å². The first-order valence-electron chi connectivity index (χ1n) is 8.13. The van der Waals surface area contributed by atoms with Gasteiger partial charge in [-0.2, -0.15) is 11.8 Å². The minimum absolute atomic E-state index is 0. The summed E-state index contributed by atoms with van der Waals surface area (Å²) in [6.07, 6.45) is 0.504. The van der Waals surface area contributed by atoms with Gasteiger partial charge in [0, 0.05) is 35.5 Å². The van der Waals surface area contributed by atoms with Gasteiger partial charge in [-0.1, -0.05) is 54.1 Å². The summed E-state index contributed by atoms with van der Waals surface area (Å²) in [5, 5.41) is 7.29. The molecular weight excluding hydrogens is 375 g/mol. The Morgan fingerprint density at radius 2 is 1.84 bits per heavy atom. The zero-order valence-electron chi connectivity index (χ0n) is 13.8. The molecule has 3 nitrogen and oxygen atoms in total. The zero-order valence-corrected chi connectivity index (χ0v) is 16.2. The van der Waals surface area contributed by atoms with Crippen molar-refractivity contribution < 1.29 is 4.79 Å². The second-order valence-corrected chi connectivity index (χ2v) is 7.48. The molecule has 2 N–H and O–H groups in total. The molecule has 3 rings (SSSR count). The van der Waals surface area contributed by atoms with Gasteiger partial charge in [0.25, 0.3) is 0 Å². The number of carbonyl (C=O) groups excluding carboxylic acids is 1. The van der Waals surface area contributed by atoms with Crippen molar-refractivity contribution in [3.63, 3.8) is 0 Å². The maximum atomic E-state index is 12.5. The molecule has 2 unspecified atom stereocenters. The highest BCUT2D eigenvalue weighted by Crippen LogP contribution is 2.24. The molecule has 1 amide bonds. The second kappa shape index (κ2) is 10.1. The maximum Gasteiger partial charge on any atom is 0.222 e. The number of halogens is 2. The largest absolute Gasteiger partial charge is 0.345 e. The normalized spacial score (nSPS) is 18.0. The van der Waals surface area contributed by atoms with Gasteiger partial charge in [-0.3, -0.25) is 4.79 Å². The third-order valence-electron chi connectivity index (χ3n) is 4.07. The van der Waals surface area contributed by atoms with Crippen LogP contribution in [0.2, 0.25) is 5.02 Å². The minimum Gasteiger partial charge on any atom is -0.345 e. The topological polar surface area (TPSA) is 41.1 Å². The minimum atomic E-state index is -0.160. The Morgan fingerprint density at radius 3 is 2.48 bits per heavy atom. The zero-order chi connectivity index (χ0) is 16.8. The van der Waals surface area contributed by atoms with Crippen LogP contribution in [-0.4, -0.2) is 30.0 Å². The van der Waals surface area contributed by atoms with Crippen LogP contribution in [0.5, 0.6) is 0 Å². The fourth-order valence-electron chi connectivity index (χ4n) is 2.85. The predicted molar refractivity (Wildman–Crippen MR) is 109 cm³/mol. The maximum absolute atomic E-state index is 12.5. The number of benzene rings is 2. The third-order valence-corrected chi connectivity index (χ3v) is 5.45. The van der Waals surface area contributed by atoms with Crippen LogP contribution in [0.25, 0.3) is 0 Å². The van der Waals surface area contributed by atoms with Crippen molar-refractivity contribution in [1.82, 2.24) is 10.6 Å². The van der Waals surface area contributed by atoms with Crippen LogP contribution in [0.3, 0.4) is 0 Å². The van der Waals surface area contributed by atoms with Crippen molar-refractivity contribution >= 4 is 41.7 Å². The van der Waals surface area contributed by atoms with Crippen molar-refractivity contribution in [2.75, 3.05) is 18.1 Å². The van der Waals surface area contributed by atoms with E-state index in [4.69, 9.17) is 11.6 Å². The average Bonchev–Trinajstić information content (AvgIpc) is 2.62.